The van der Waals surface area contributed by atoms with Crippen molar-refractivity contribution in [2.75, 3.05) is 5.32 Å². The molecular weight excluding hydrogens is 318 g/mol. The number of benzene rings is 2. The largest absolute Gasteiger partial charge is 0.361 e. The fraction of sp³-hybridized carbons (Fsp3) is 0.111. The molecule has 0 spiro atoms. The highest BCUT2D eigenvalue weighted by Crippen LogP contribution is 2.18. The number of carbonyl (C=O) groups excluding carboxylic acids is 1. The molecule has 124 valence electrons. The zero-order valence-corrected chi connectivity index (χ0v) is 13.4. The molecule has 2 aromatic carbocycles. The van der Waals surface area contributed by atoms with Crippen molar-refractivity contribution < 1.29 is 4.79 Å². The Bertz CT molecular complexity index is 1140. The topological polar surface area (TPSA) is 92.7 Å². The van der Waals surface area contributed by atoms with Gasteiger partial charge >= 0.3 is 0 Å². The Labute approximate surface area is 142 Å². The van der Waals surface area contributed by atoms with Gasteiger partial charge in [-0.2, -0.15) is 4.68 Å². The molecule has 4 aromatic rings. The number of hydrogen-bond acceptors (Lipinski definition) is 4. The Morgan fingerprint density at radius 2 is 2.04 bits per heavy atom. The van der Waals surface area contributed by atoms with E-state index in [1.54, 1.807) is 31.2 Å². The van der Waals surface area contributed by atoms with Crippen molar-refractivity contribution in [1.82, 2.24) is 20.0 Å². The van der Waals surface area contributed by atoms with Gasteiger partial charge in [-0.3, -0.25) is 9.59 Å². The van der Waals surface area contributed by atoms with Crippen LogP contribution in [0.15, 0.2) is 59.5 Å². The molecule has 0 aliphatic rings. The maximum atomic E-state index is 12.5. The van der Waals surface area contributed by atoms with Gasteiger partial charge in [-0.25, -0.2) is 0 Å². The molecular formula is C18H15N5O2. The Balaban J connectivity index is 1.63. The number of aromatic amines is 1. The molecule has 0 bridgehead atoms. The van der Waals surface area contributed by atoms with Crippen molar-refractivity contribution in [2.45, 2.75) is 13.0 Å². The second-order valence-corrected chi connectivity index (χ2v) is 5.80. The zero-order chi connectivity index (χ0) is 17.4. The number of hydrogen-bond donors (Lipinski definition) is 2. The summed E-state index contributed by atoms with van der Waals surface area (Å²) in [5, 5.41) is 12.2. The van der Waals surface area contributed by atoms with E-state index in [1.165, 1.54) is 0 Å². The number of H-pyrrole nitrogens is 1. The summed E-state index contributed by atoms with van der Waals surface area (Å²) in [6, 6.07) is 13.7. The van der Waals surface area contributed by atoms with Crippen LogP contribution >= 0.6 is 0 Å². The molecule has 1 atom stereocenters. The Hall–Kier alpha value is -3.48. The van der Waals surface area contributed by atoms with Gasteiger partial charge in [-0.05, 0) is 42.6 Å². The SMILES string of the molecule is CC(C(=O)Nc1ccc2cc[nH]c2c1)n1nnc2ccccc2c1=O. The fourth-order valence-electron chi connectivity index (χ4n) is 2.74. The predicted octanol–water partition coefficient (Wildman–Crippen LogP) is 2.47. The van der Waals surface area contributed by atoms with E-state index < -0.39 is 6.04 Å². The second kappa shape index (κ2) is 5.86. The minimum Gasteiger partial charge on any atom is -0.361 e. The van der Waals surface area contributed by atoms with Gasteiger partial charge in [0.1, 0.15) is 11.6 Å². The van der Waals surface area contributed by atoms with Crippen LogP contribution in [0.4, 0.5) is 5.69 Å². The molecule has 1 unspecified atom stereocenters. The minimum atomic E-state index is -0.788. The van der Waals surface area contributed by atoms with Crippen LogP contribution < -0.4 is 10.9 Å². The van der Waals surface area contributed by atoms with E-state index in [-0.39, 0.29) is 11.5 Å². The van der Waals surface area contributed by atoms with E-state index in [1.807, 2.05) is 30.5 Å². The molecule has 25 heavy (non-hydrogen) atoms. The van der Waals surface area contributed by atoms with E-state index in [4.69, 9.17) is 0 Å². The number of nitrogens with zero attached hydrogens (tertiary/aromatic N) is 3. The maximum Gasteiger partial charge on any atom is 0.278 e. The van der Waals surface area contributed by atoms with Gasteiger partial charge in [0.05, 0.1) is 5.39 Å². The number of anilines is 1. The normalized spacial score (nSPS) is 12.4. The number of carbonyl (C=O) groups is 1. The summed E-state index contributed by atoms with van der Waals surface area (Å²) < 4.78 is 1.10. The summed E-state index contributed by atoms with van der Waals surface area (Å²) in [6.45, 7) is 1.62. The summed E-state index contributed by atoms with van der Waals surface area (Å²) >= 11 is 0. The van der Waals surface area contributed by atoms with E-state index in [9.17, 15) is 9.59 Å². The number of amides is 1. The Morgan fingerprint density at radius 3 is 2.92 bits per heavy atom. The van der Waals surface area contributed by atoms with Crippen LogP contribution in [0.5, 0.6) is 0 Å². The van der Waals surface area contributed by atoms with Crippen molar-refractivity contribution in [3.8, 4) is 0 Å². The highest BCUT2D eigenvalue weighted by atomic mass is 16.2. The first-order valence-electron chi connectivity index (χ1n) is 7.86. The Kier molecular flexibility index (Phi) is 3.53. The van der Waals surface area contributed by atoms with E-state index in [2.05, 4.69) is 20.6 Å². The second-order valence-electron chi connectivity index (χ2n) is 5.80. The number of nitrogens with one attached hydrogen (secondary N) is 2. The zero-order valence-electron chi connectivity index (χ0n) is 13.4. The lowest BCUT2D eigenvalue weighted by Gasteiger charge is -2.13. The van der Waals surface area contributed by atoms with Crippen LogP contribution in [0, 0.1) is 0 Å². The monoisotopic (exact) mass is 333 g/mol. The molecule has 0 radical (unpaired) electrons. The van der Waals surface area contributed by atoms with Gasteiger partial charge in [-0.1, -0.05) is 23.4 Å². The lowest BCUT2D eigenvalue weighted by Crippen LogP contribution is -2.34. The third-order valence-electron chi connectivity index (χ3n) is 4.16. The molecule has 0 saturated carbocycles. The van der Waals surface area contributed by atoms with Crippen molar-refractivity contribution in [3.05, 3.63) is 65.1 Å². The smallest absolute Gasteiger partial charge is 0.278 e. The molecule has 4 rings (SSSR count). The predicted molar refractivity (Wildman–Crippen MR) is 95.4 cm³/mol. The molecule has 0 aliphatic heterocycles. The standard InChI is InChI=1S/C18H15N5O2/c1-11(23-18(25)14-4-2-3-5-15(14)21-22-23)17(24)20-13-7-6-12-8-9-19-16(12)10-13/h2-11,19H,1H3,(H,20,24). The van der Waals surface area contributed by atoms with Crippen molar-refractivity contribution in [2.24, 2.45) is 0 Å². The summed E-state index contributed by atoms with van der Waals surface area (Å²) in [5.74, 6) is -0.336. The van der Waals surface area contributed by atoms with Crippen LogP contribution in [-0.2, 0) is 4.79 Å². The van der Waals surface area contributed by atoms with Crippen molar-refractivity contribution in [3.63, 3.8) is 0 Å². The third-order valence-corrected chi connectivity index (χ3v) is 4.16. The summed E-state index contributed by atoms with van der Waals surface area (Å²) in [6.07, 6.45) is 1.84. The minimum absolute atomic E-state index is 0.336. The maximum absolute atomic E-state index is 12.5. The highest BCUT2D eigenvalue weighted by molar-refractivity contribution is 5.95. The van der Waals surface area contributed by atoms with Gasteiger partial charge in [-0.15, -0.1) is 5.10 Å². The van der Waals surface area contributed by atoms with Crippen LogP contribution in [0.1, 0.15) is 13.0 Å². The van der Waals surface area contributed by atoms with E-state index in [0.717, 1.165) is 15.6 Å². The number of aromatic nitrogens is 4. The molecule has 7 nitrogen and oxygen atoms in total. The first-order chi connectivity index (χ1) is 12.1. The van der Waals surface area contributed by atoms with Crippen LogP contribution in [0.3, 0.4) is 0 Å². The first kappa shape index (κ1) is 15.1. The Morgan fingerprint density at radius 1 is 1.20 bits per heavy atom. The highest BCUT2D eigenvalue weighted by Gasteiger charge is 2.19. The van der Waals surface area contributed by atoms with Crippen molar-refractivity contribution in [1.29, 1.82) is 0 Å². The van der Waals surface area contributed by atoms with Gasteiger partial charge in [0.15, 0.2) is 0 Å². The summed E-state index contributed by atoms with van der Waals surface area (Å²) in [4.78, 5) is 28.2. The molecule has 2 N–H and O–H groups in total. The molecule has 2 heterocycles. The lowest BCUT2D eigenvalue weighted by molar-refractivity contribution is -0.119. The van der Waals surface area contributed by atoms with Gasteiger partial charge in [0.2, 0.25) is 5.91 Å². The summed E-state index contributed by atoms with van der Waals surface area (Å²) in [7, 11) is 0. The molecule has 0 saturated heterocycles. The lowest BCUT2D eigenvalue weighted by atomic mass is 10.2. The molecule has 1 amide bonds. The van der Waals surface area contributed by atoms with E-state index in [0.29, 0.717) is 16.6 Å². The van der Waals surface area contributed by atoms with Crippen LogP contribution in [-0.4, -0.2) is 25.9 Å². The quantitative estimate of drug-likeness (QED) is 0.602. The number of rotatable bonds is 3. The van der Waals surface area contributed by atoms with Crippen LogP contribution in [0.25, 0.3) is 21.8 Å². The first-order valence-corrected chi connectivity index (χ1v) is 7.86. The molecule has 7 heteroatoms. The molecule has 0 aliphatic carbocycles. The van der Waals surface area contributed by atoms with Crippen LogP contribution in [0.2, 0.25) is 0 Å². The fourth-order valence-corrected chi connectivity index (χ4v) is 2.74. The molecule has 2 aromatic heterocycles. The number of fused-ring (bicyclic) bond motifs is 2. The van der Waals surface area contributed by atoms with Crippen molar-refractivity contribution >= 4 is 33.4 Å². The third kappa shape index (κ3) is 2.65. The van der Waals surface area contributed by atoms with Gasteiger partial charge in [0.25, 0.3) is 5.56 Å². The average molecular weight is 333 g/mol. The van der Waals surface area contributed by atoms with Gasteiger partial charge < -0.3 is 10.3 Å². The molecule has 0 fully saturated rings. The van der Waals surface area contributed by atoms with Gasteiger partial charge in [0, 0.05) is 17.4 Å². The summed E-state index contributed by atoms with van der Waals surface area (Å²) in [5.41, 5.74) is 1.74. The average Bonchev–Trinajstić information content (AvgIpc) is 3.09. The van der Waals surface area contributed by atoms with E-state index >= 15 is 0 Å².